The van der Waals surface area contributed by atoms with Gasteiger partial charge in [0.1, 0.15) is 0 Å². The maximum atomic E-state index is 5.88. The predicted octanol–water partition coefficient (Wildman–Crippen LogP) is 7.92. The largest absolute Gasteiger partial charge is 0.120 e. The third-order valence-corrected chi connectivity index (χ3v) is 9.31. The first-order chi connectivity index (χ1) is 10.9. The second-order valence-corrected chi connectivity index (χ2v) is 10.6. The third-order valence-electron chi connectivity index (χ3n) is 4.36. The molecule has 0 aromatic rings. The van der Waals surface area contributed by atoms with Gasteiger partial charge in [-0.15, -0.1) is 69.6 Å². The van der Waals surface area contributed by atoms with E-state index in [9.17, 15) is 0 Å². The van der Waals surface area contributed by atoms with Crippen LogP contribution in [0.4, 0.5) is 0 Å². The molecule has 2 rings (SSSR count). The Balaban J connectivity index is 0.000000231. The van der Waals surface area contributed by atoms with Crippen LogP contribution in [0.15, 0.2) is 0 Å². The molecule has 0 aromatic heterocycles. The standard InChI is InChI=1S/C10H19Br.C6H6Cl6/c11-10-8-6-4-2-1-3-5-7-9-10;7-1-2(8)4(10)6(12)5(11)3(1)9/h10H,1-9H2;1-6H. The number of halogens is 7. The zero-order chi connectivity index (χ0) is 17.4. The van der Waals surface area contributed by atoms with E-state index in [1.54, 1.807) is 0 Å². The van der Waals surface area contributed by atoms with E-state index in [1.807, 2.05) is 0 Å². The minimum atomic E-state index is -0.437. The van der Waals surface area contributed by atoms with Gasteiger partial charge in [0.05, 0.1) is 32.3 Å². The lowest BCUT2D eigenvalue weighted by Crippen LogP contribution is -2.52. The van der Waals surface area contributed by atoms with Crippen LogP contribution in [0, 0.1) is 0 Å². The van der Waals surface area contributed by atoms with Crippen molar-refractivity contribution >= 4 is 85.5 Å². The summed E-state index contributed by atoms with van der Waals surface area (Å²) in [5, 5.41) is -2.62. The van der Waals surface area contributed by atoms with E-state index >= 15 is 0 Å². The second kappa shape index (κ2) is 12.6. The topological polar surface area (TPSA) is 0 Å². The normalized spacial score (nSPS) is 40.8. The lowest BCUT2D eigenvalue weighted by molar-refractivity contribution is 0.514. The molecule has 0 nitrogen and oxygen atoms in total. The number of hydrogen-bond donors (Lipinski definition) is 0. The molecule has 0 atom stereocenters. The third kappa shape index (κ3) is 8.19. The summed E-state index contributed by atoms with van der Waals surface area (Å²) >= 11 is 39.0. The Morgan fingerprint density at radius 3 is 0.913 bits per heavy atom. The molecule has 0 spiro atoms. The molecule has 0 bridgehead atoms. The minimum absolute atomic E-state index is 0.437. The Morgan fingerprint density at radius 2 is 0.652 bits per heavy atom. The van der Waals surface area contributed by atoms with Gasteiger partial charge in [-0.3, -0.25) is 0 Å². The SMILES string of the molecule is BrC1CCCCCCCCC1.ClC1C(Cl)C(Cl)C(Cl)C(Cl)C1Cl. The summed E-state index contributed by atoms with van der Waals surface area (Å²) in [6, 6.07) is 0. The van der Waals surface area contributed by atoms with E-state index in [0.717, 1.165) is 4.83 Å². The second-order valence-electron chi connectivity index (χ2n) is 6.32. The van der Waals surface area contributed by atoms with Crippen molar-refractivity contribution in [3.63, 3.8) is 0 Å². The molecule has 0 aromatic carbocycles. The number of rotatable bonds is 0. The van der Waals surface area contributed by atoms with Crippen LogP contribution in [0.25, 0.3) is 0 Å². The first-order valence-electron chi connectivity index (χ1n) is 8.34. The van der Waals surface area contributed by atoms with E-state index in [0.29, 0.717) is 0 Å². The summed E-state index contributed by atoms with van der Waals surface area (Å²) in [4.78, 5) is 0.820. The molecular weight excluding hydrogens is 485 g/mol. The highest BCUT2D eigenvalue weighted by Gasteiger charge is 2.46. The molecule has 2 aliphatic rings. The lowest BCUT2D eigenvalue weighted by Gasteiger charge is -2.37. The molecule has 0 amide bonds. The molecule has 2 aliphatic carbocycles. The smallest absolute Gasteiger partial charge is 0.0693 e. The maximum Gasteiger partial charge on any atom is 0.0693 e. The maximum absolute atomic E-state index is 5.88. The van der Waals surface area contributed by atoms with Crippen LogP contribution < -0.4 is 0 Å². The van der Waals surface area contributed by atoms with Gasteiger partial charge in [0, 0.05) is 4.83 Å². The van der Waals surface area contributed by atoms with Gasteiger partial charge in [0.15, 0.2) is 0 Å². The molecule has 2 saturated carbocycles. The summed E-state index contributed by atoms with van der Waals surface area (Å²) < 4.78 is 0. The van der Waals surface area contributed by atoms with Crippen LogP contribution in [-0.4, -0.2) is 37.1 Å². The average molecular weight is 510 g/mol. The van der Waals surface area contributed by atoms with Crippen molar-refractivity contribution in [2.75, 3.05) is 0 Å². The molecule has 0 unspecified atom stereocenters. The zero-order valence-corrected chi connectivity index (χ0v) is 19.2. The molecule has 0 N–H and O–H groups in total. The monoisotopic (exact) mass is 506 g/mol. The molecule has 138 valence electrons. The van der Waals surface area contributed by atoms with Crippen LogP contribution >= 0.6 is 85.5 Å². The Bertz CT molecular complexity index is 250. The Labute approximate surface area is 179 Å². The summed E-state index contributed by atoms with van der Waals surface area (Å²) in [5.74, 6) is 0. The van der Waals surface area contributed by atoms with Crippen LogP contribution in [0.1, 0.15) is 57.8 Å². The van der Waals surface area contributed by atoms with E-state index in [1.165, 1.54) is 57.8 Å². The van der Waals surface area contributed by atoms with E-state index in [4.69, 9.17) is 69.6 Å². The van der Waals surface area contributed by atoms with E-state index < -0.39 is 32.3 Å². The van der Waals surface area contributed by atoms with Crippen LogP contribution in [-0.2, 0) is 0 Å². The van der Waals surface area contributed by atoms with Crippen LogP contribution in [0.3, 0.4) is 0 Å². The summed E-state index contributed by atoms with van der Waals surface area (Å²) in [7, 11) is 0. The molecule has 2 fully saturated rings. The van der Waals surface area contributed by atoms with Gasteiger partial charge in [-0.2, -0.15) is 0 Å². The van der Waals surface area contributed by atoms with Crippen molar-refractivity contribution in [3.8, 4) is 0 Å². The Hall–Kier alpha value is 2.22. The molecule has 7 heteroatoms. The highest BCUT2D eigenvalue weighted by atomic mass is 79.9. The molecular formula is C16H25BrCl6. The summed E-state index contributed by atoms with van der Waals surface area (Å²) in [6.07, 6.45) is 13.0. The van der Waals surface area contributed by atoms with E-state index in [2.05, 4.69) is 15.9 Å². The van der Waals surface area contributed by atoms with E-state index in [-0.39, 0.29) is 0 Å². The zero-order valence-electron chi connectivity index (χ0n) is 13.1. The average Bonchev–Trinajstić information content (AvgIpc) is 2.56. The fourth-order valence-corrected chi connectivity index (χ4v) is 5.79. The van der Waals surface area contributed by atoms with Gasteiger partial charge in [-0.25, -0.2) is 0 Å². The molecule has 0 saturated heterocycles. The lowest BCUT2D eigenvalue weighted by atomic mass is 9.97. The molecule has 0 heterocycles. The predicted molar refractivity (Wildman–Crippen MR) is 112 cm³/mol. The molecule has 0 radical (unpaired) electrons. The van der Waals surface area contributed by atoms with Gasteiger partial charge in [0.25, 0.3) is 0 Å². The van der Waals surface area contributed by atoms with Crippen LogP contribution in [0.2, 0.25) is 0 Å². The minimum Gasteiger partial charge on any atom is -0.120 e. The molecule has 23 heavy (non-hydrogen) atoms. The summed E-state index contributed by atoms with van der Waals surface area (Å²) in [5.41, 5.74) is 0. The highest BCUT2D eigenvalue weighted by Crippen LogP contribution is 2.39. The van der Waals surface area contributed by atoms with Crippen molar-refractivity contribution in [2.45, 2.75) is 94.9 Å². The first-order valence-corrected chi connectivity index (χ1v) is 11.9. The van der Waals surface area contributed by atoms with Gasteiger partial charge < -0.3 is 0 Å². The quantitative estimate of drug-likeness (QED) is 0.291. The Kier molecular flexibility index (Phi) is 12.7. The van der Waals surface area contributed by atoms with Crippen molar-refractivity contribution in [2.24, 2.45) is 0 Å². The van der Waals surface area contributed by atoms with Crippen molar-refractivity contribution < 1.29 is 0 Å². The fraction of sp³-hybridized carbons (Fsp3) is 1.00. The fourth-order valence-electron chi connectivity index (χ4n) is 2.81. The van der Waals surface area contributed by atoms with Gasteiger partial charge in [0.2, 0.25) is 0 Å². The van der Waals surface area contributed by atoms with Crippen molar-refractivity contribution in [1.82, 2.24) is 0 Å². The van der Waals surface area contributed by atoms with Gasteiger partial charge in [-0.05, 0) is 12.8 Å². The van der Waals surface area contributed by atoms with Gasteiger partial charge in [-0.1, -0.05) is 60.9 Å². The van der Waals surface area contributed by atoms with Gasteiger partial charge >= 0.3 is 0 Å². The first kappa shape index (κ1) is 23.3. The Morgan fingerprint density at radius 1 is 0.435 bits per heavy atom. The molecule has 0 aliphatic heterocycles. The highest BCUT2D eigenvalue weighted by molar-refractivity contribution is 9.09. The number of alkyl halides is 7. The summed E-state index contributed by atoms with van der Waals surface area (Å²) in [6.45, 7) is 0. The number of hydrogen-bond acceptors (Lipinski definition) is 0. The van der Waals surface area contributed by atoms with Crippen molar-refractivity contribution in [3.05, 3.63) is 0 Å². The van der Waals surface area contributed by atoms with Crippen molar-refractivity contribution in [1.29, 1.82) is 0 Å². The van der Waals surface area contributed by atoms with Crippen LogP contribution in [0.5, 0.6) is 0 Å².